The highest BCUT2D eigenvalue weighted by atomic mass is 35.5. The van der Waals surface area contributed by atoms with E-state index in [1.807, 2.05) is 30.3 Å². The van der Waals surface area contributed by atoms with Crippen LogP contribution in [0, 0.1) is 0 Å². The van der Waals surface area contributed by atoms with Crippen molar-refractivity contribution in [2.24, 2.45) is 0 Å². The summed E-state index contributed by atoms with van der Waals surface area (Å²) in [7, 11) is -9.55. The zero-order valence-electron chi connectivity index (χ0n) is 19.2. The van der Waals surface area contributed by atoms with Gasteiger partial charge in [0.15, 0.2) is 0 Å². The van der Waals surface area contributed by atoms with Crippen LogP contribution in [0.5, 0.6) is 5.75 Å². The second kappa shape index (κ2) is 10.6. The molecule has 0 spiro atoms. The molecule has 4 rings (SSSR count). The van der Waals surface area contributed by atoms with E-state index in [9.17, 15) is 36.2 Å². The van der Waals surface area contributed by atoms with Gasteiger partial charge in [-0.25, -0.2) is 0 Å². The van der Waals surface area contributed by atoms with Gasteiger partial charge in [-0.15, -0.1) is 0 Å². The fraction of sp³-hybridized carbons (Fsp3) is 0.136. The minimum atomic E-state index is -4.79. The molecule has 5 N–H and O–H groups in total. The Morgan fingerprint density at radius 3 is 2.13 bits per heavy atom. The molecule has 3 aromatic carbocycles. The Labute approximate surface area is 221 Å². The SMILES string of the molecule is O=S(=O)(O)c1cc(O)c2c(Nc3nc(Cl)nc(N(CCO)Cc4ccccc4)n3)cc(S(=O)(=O)O)cc2c1. The number of rotatable bonds is 9. The Morgan fingerprint density at radius 2 is 1.53 bits per heavy atom. The molecule has 200 valence electrons. The molecule has 0 saturated carbocycles. The molecule has 1 heterocycles. The maximum Gasteiger partial charge on any atom is 0.294 e. The molecule has 4 aromatic rings. The first-order chi connectivity index (χ1) is 17.8. The van der Waals surface area contributed by atoms with Gasteiger partial charge in [0.2, 0.25) is 17.2 Å². The summed E-state index contributed by atoms with van der Waals surface area (Å²) in [5.41, 5.74) is 0.748. The van der Waals surface area contributed by atoms with Gasteiger partial charge in [0, 0.05) is 24.5 Å². The minimum absolute atomic E-state index is 0.0681. The highest BCUT2D eigenvalue weighted by Gasteiger charge is 2.21. The number of anilines is 3. The summed E-state index contributed by atoms with van der Waals surface area (Å²) in [6, 6.07) is 12.8. The number of halogens is 1. The number of nitrogens with one attached hydrogen (secondary N) is 1. The highest BCUT2D eigenvalue weighted by Crippen LogP contribution is 2.37. The average Bonchev–Trinajstić information content (AvgIpc) is 2.82. The van der Waals surface area contributed by atoms with Gasteiger partial charge < -0.3 is 20.4 Å². The van der Waals surface area contributed by atoms with Crippen LogP contribution in [0.1, 0.15) is 5.56 Å². The van der Waals surface area contributed by atoms with Crippen molar-refractivity contribution in [3.63, 3.8) is 0 Å². The molecule has 0 fully saturated rings. The second-order valence-electron chi connectivity index (χ2n) is 7.95. The normalized spacial score (nSPS) is 12.0. The summed E-state index contributed by atoms with van der Waals surface area (Å²) in [6.45, 7) is 0.209. The van der Waals surface area contributed by atoms with E-state index in [1.165, 1.54) is 0 Å². The van der Waals surface area contributed by atoms with E-state index in [1.54, 1.807) is 4.90 Å². The van der Waals surface area contributed by atoms with Crippen LogP contribution in [-0.4, -0.2) is 64.3 Å². The van der Waals surface area contributed by atoms with Gasteiger partial charge in [-0.05, 0) is 40.7 Å². The zero-order valence-corrected chi connectivity index (χ0v) is 21.6. The van der Waals surface area contributed by atoms with E-state index in [4.69, 9.17) is 11.6 Å². The van der Waals surface area contributed by atoms with Crippen molar-refractivity contribution in [2.45, 2.75) is 16.3 Å². The lowest BCUT2D eigenvalue weighted by Crippen LogP contribution is -2.28. The van der Waals surface area contributed by atoms with Crippen LogP contribution in [0.3, 0.4) is 0 Å². The molecule has 0 saturated heterocycles. The van der Waals surface area contributed by atoms with Crippen molar-refractivity contribution in [1.29, 1.82) is 0 Å². The van der Waals surface area contributed by atoms with Crippen LogP contribution in [-0.2, 0) is 26.8 Å². The summed E-state index contributed by atoms with van der Waals surface area (Å²) in [5.74, 6) is -0.757. The average molecular weight is 582 g/mol. The topological polar surface area (TPSA) is 203 Å². The van der Waals surface area contributed by atoms with Crippen LogP contribution in [0.15, 0.2) is 64.4 Å². The number of aromatic hydroxyl groups is 1. The largest absolute Gasteiger partial charge is 0.507 e. The van der Waals surface area contributed by atoms with E-state index >= 15 is 0 Å². The van der Waals surface area contributed by atoms with E-state index in [-0.39, 0.29) is 46.8 Å². The molecular formula is C22H20ClN5O8S2. The van der Waals surface area contributed by atoms with Gasteiger partial charge >= 0.3 is 0 Å². The fourth-order valence-corrected chi connectivity index (χ4v) is 4.90. The summed E-state index contributed by atoms with van der Waals surface area (Å²) in [5, 5.41) is 22.4. The Morgan fingerprint density at radius 1 is 0.895 bits per heavy atom. The highest BCUT2D eigenvalue weighted by molar-refractivity contribution is 7.86. The van der Waals surface area contributed by atoms with Gasteiger partial charge in [0.1, 0.15) is 5.75 Å². The first-order valence-corrected chi connectivity index (χ1v) is 13.9. The predicted octanol–water partition coefficient (Wildman–Crippen LogP) is 2.62. The number of nitrogens with zero attached hydrogens (tertiary/aromatic N) is 4. The van der Waals surface area contributed by atoms with Crippen LogP contribution >= 0.6 is 11.6 Å². The minimum Gasteiger partial charge on any atom is -0.507 e. The molecule has 0 aliphatic heterocycles. The number of benzene rings is 3. The van der Waals surface area contributed by atoms with Gasteiger partial charge in [-0.2, -0.15) is 31.8 Å². The Bertz CT molecular complexity index is 1720. The molecule has 0 bridgehead atoms. The summed E-state index contributed by atoms with van der Waals surface area (Å²) >= 11 is 6.12. The quantitative estimate of drug-likeness (QED) is 0.181. The lowest BCUT2D eigenvalue weighted by Gasteiger charge is -2.22. The first kappa shape index (κ1) is 27.4. The molecular weight excluding hydrogens is 562 g/mol. The molecule has 0 aliphatic carbocycles. The lowest BCUT2D eigenvalue weighted by atomic mass is 10.1. The van der Waals surface area contributed by atoms with Crippen molar-refractivity contribution >= 4 is 60.2 Å². The molecule has 38 heavy (non-hydrogen) atoms. The maximum absolute atomic E-state index is 11.9. The second-order valence-corrected chi connectivity index (χ2v) is 11.1. The van der Waals surface area contributed by atoms with Crippen molar-refractivity contribution in [2.75, 3.05) is 23.4 Å². The lowest BCUT2D eigenvalue weighted by molar-refractivity contribution is 0.300. The number of hydrogen-bond acceptors (Lipinski definition) is 11. The van der Waals surface area contributed by atoms with Crippen molar-refractivity contribution in [3.8, 4) is 5.75 Å². The van der Waals surface area contributed by atoms with E-state index in [0.717, 1.165) is 29.8 Å². The fourth-order valence-electron chi connectivity index (χ4n) is 3.67. The van der Waals surface area contributed by atoms with Crippen LogP contribution in [0.2, 0.25) is 5.28 Å². The molecule has 13 nitrogen and oxygen atoms in total. The van der Waals surface area contributed by atoms with Crippen LogP contribution in [0.4, 0.5) is 17.6 Å². The number of aliphatic hydroxyl groups is 1. The molecule has 0 unspecified atom stereocenters. The monoisotopic (exact) mass is 581 g/mol. The molecule has 0 atom stereocenters. The zero-order chi connectivity index (χ0) is 27.7. The Hall–Kier alpha value is -3.60. The summed E-state index contributed by atoms with van der Waals surface area (Å²) < 4.78 is 66.0. The standard InChI is InChI=1S/C22H20ClN5O8S2/c23-20-25-21(27-22(26-20)28(6-7-29)12-13-4-2-1-3-5-13)24-17-10-15(37(31,32)33)8-14-9-16(38(34,35)36)11-18(30)19(14)17/h1-5,8-11,29-30H,6-7,12H2,(H,31,32,33)(H,34,35,36)(H,24,25,26,27). The van der Waals surface area contributed by atoms with Crippen LogP contribution in [0.25, 0.3) is 10.8 Å². The predicted molar refractivity (Wildman–Crippen MR) is 138 cm³/mol. The third-order valence-corrected chi connectivity index (χ3v) is 7.11. The van der Waals surface area contributed by atoms with Crippen molar-refractivity contribution in [3.05, 3.63) is 65.4 Å². The smallest absolute Gasteiger partial charge is 0.294 e. The number of aromatic nitrogens is 3. The van der Waals surface area contributed by atoms with Gasteiger partial charge in [-0.3, -0.25) is 9.11 Å². The Kier molecular flexibility index (Phi) is 7.68. The number of hydrogen-bond donors (Lipinski definition) is 5. The molecule has 1 aromatic heterocycles. The Balaban J connectivity index is 1.83. The third-order valence-electron chi connectivity index (χ3n) is 5.28. The first-order valence-electron chi connectivity index (χ1n) is 10.7. The van der Waals surface area contributed by atoms with Crippen molar-refractivity contribution < 1.29 is 36.2 Å². The van der Waals surface area contributed by atoms with Gasteiger partial charge in [0.25, 0.3) is 20.2 Å². The maximum atomic E-state index is 11.9. The van der Waals surface area contributed by atoms with E-state index in [0.29, 0.717) is 6.54 Å². The molecule has 0 radical (unpaired) electrons. The summed E-state index contributed by atoms with van der Waals surface area (Å²) in [6.07, 6.45) is 0. The number of phenolic OH excluding ortho intramolecular Hbond substituents is 1. The van der Waals surface area contributed by atoms with Crippen LogP contribution < -0.4 is 10.2 Å². The van der Waals surface area contributed by atoms with Crippen molar-refractivity contribution in [1.82, 2.24) is 15.0 Å². The van der Waals surface area contributed by atoms with Gasteiger partial charge in [-0.1, -0.05) is 30.3 Å². The number of fused-ring (bicyclic) bond motifs is 1. The van der Waals surface area contributed by atoms with E-state index in [2.05, 4.69) is 20.3 Å². The molecule has 0 aliphatic rings. The summed E-state index contributed by atoms with van der Waals surface area (Å²) in [4.78, 5) is 12.7. The number of phenols is 1. The van der Waals surface area contributed by atoms with Gasteiger partial charge in [0.05, 0.1) is 22.1 Å². The third kappa shape index (κ3) is 6.27. The number of aliphatic hydroxyl groups excluding tert-OH is 1. The molecule has 16 heteroatoms. The molecule has 0 amide bonds. The van der Waals surface area contributed by atoms with E-state index < -0.39 is 35.8 Å².